The van der Waals surface area contributed by atoms with Crippen LogP contribution in [0.3, 0.4) is 0 Å². The van der Waals surface area contributed by atoms with E-state index in [4.69, 9.17) is 29.6 Å². The van der Waals surface area contributed by atoms with Gasteiger partial charge < -0.3 is 11.1 Å². The van der Waals surface area contributed by atoms with Crippen LogP contribution in [-0.2, 0) is 4.79 Å². The van der Waals surface area contributed by atoms with Crippen molar-refractivity contribution in [2.45, 2.75) is 39.0 Å². The molecule has 0 radical (unpaired) electrons. The van der Waals surface area contributed by atoms with Crippen LogP contribution in [0.5, 0.6) is 0 Å². The fraction of sp³-hybridized carbons (Fsp3) is 0.429. The van der Waals surface area contributed by atoms with Crippen molar-refractivity contribution in [2.75, 3.05) is 5.32 Å². The predicted molar refractivity (Wildman–Crippen MR) is 84.7 cm³/mol. The third-order valence-corrected chi connectivity index (χ3v) is 3.35. The van der Waals surface area contributed by atoms with Crippen molar-refractivity contribution in [3.05, 3.63) is 28.8 Å². The Morgan fingerprint density at radius 3 is 2.74 bits per heavy atom. The third-order valence-electron chi connectivity index (χ3n) is 2.78. The third kappa shape index (κ3) is 5.57. The number of nitrogens with one attached hydrogen (secondary N) is 1. The Balaban J connectivity index is 2.58. The van der Waals surface area contributed by atoms with Crippen LogP contribution in [0.1, 0.15) is 44.6 Å². The lowest BCUT2D eigenvalue weighted by Crippen LogP contribution is -2.14. The van der Waals surface area contributed by atoms with Gasteiger partial charge in [0.1, 0.15) is 4.99 Å². The molecule has 0 saturated heterocycles. The molecule has 0 aliphatic rings. The molecule has 1 aromatic carbocycles. The molecular weight excluding hydrogens is 280 g/mol. The molecule has 19 heavy (non-hydrogen) atoms. The van der Waals surface area contributed by atoms with Crippen LogP contribution >= 0.6 is 23.8 Å². The average Bonchev–Trinajstić information content (AvgIpc) is 2.37. The number of amides is 1. The highest BCUT2D eigenvalue weighted by Gasteiger charge is 2.07. The molecule has 1 amide bonds. The number of carbonyl (C=O) groups excluding carboxylic acids is 1. The zero-order valence-corrected chi connectivity index (χ0v) is 12.6. The maximum atomic E-state index is 11.8. The highest BCUT2D eigenvalue weighted by Crippen LogP contribution is 2.23. The van der Waals surface area contributed by atoms with Gasteiger partial charge in [-0.3, -0.25) is 4.79 Å². The molecule has 0 aliphatic carbocycles. The molecule has 0 fully saturated rings. The first-order valence-electron chi connectivity index (χ1n) is 6.43. The van der Waals surface area contributed by atoms with Crippen molar-refractivity contribution in [3.8, 4) is 0 Å². The summed E-state index contributed by atoms with van der Waals surface area (Å²) in [5.74, 6) is -0.0295. The number of thiocarbonyl (C=S) groups is 1. The van der Waals surface area contributed by atoms with Crippen LogP contribution in [0.25, 0.3) is 0 Å². The van der Waals surface area contributed by atoms with Crippen LogP contribution in [0.2, 0.25) is 5.02 Å². The number of unbranched alkanes of at least 4 members (excludes halogenated alkanes) is 3. The van der Waals surface area contributed by atoms with Crippen molar-refractivity contribution >= 4 is 40.4 Å². The molecule has 0 aromatic heterocycles. The number of halogens is 1. The SMILES string of the molecule is CCCCCCC(=O)Nc1cc(C(N)=S)ccc1Cl. The second-order valence-corrected chi connectivity index (χ2v) is 5.26. The first-order chi connectivity index (χ1) is 9.04. The van der Waals surface area contributed by atoms with Crippen LogP contribution in [0.15, 0.2) is 18.2 Å². The summed E-state index contributed by atoms with van der Waals surface area (Å²) in [5.41, 5.74) is 6.81. The van der Waals surface area contributed by atoms with Crippen LogP contribution in [0, 0.1) is 0 Å². The lowest BCUT2D eigenvalue weighted by molar-refractivity contribution is -0.116. The van der Waals surface area contributed by atoms with E-state index in [1.54, 1.807) is 18.2 Å². The Bertz CT molecular complexity index is 463. The van der Waals surface area contributed by atoms with E-state index in [1.165, 1.54) is 0 Å². The summed E-state index contributed by atoms with van der Waals surface area (Å²) in [6.07, 6.45) is 4.79. The van der Waals surface area contributed by atoms with Crippen molar-refractivity contribution in [1.29, 1.82) is 0 Å². The van der Waals surface area contributed by atoms with E-state index < -0.39 is 0 Å². The fourth-order valence-corrected chi connectivity index (χ4v) is 1.99. The Morgan fingerprint density at radius 2 is 2.11 bits per heavy atom. The van der Waals surface area contributed by atoms with Gasteiger partial charge in [-0.25, -0.2) is 0 Å². The molecule has 3 nitrogen and oxygen atoms in total. The summed E-state index contributed by atoms with van der Waals surface area (Å²) in [6.45, 7) is 2.14. The highest BCUT2D eigenvalue weighted by atomic mass is 35.5. The highest BCUT2D eigenvalue weighted by molar-refractivity contribution is 7.80. The monoisotopic (exact) mass is 298 g/mol. The van der Waals surface area contributed by atoms with E-state index >= 15 is 0 Å². The van der Waals surface area contributed by atoms with Gasteiger partial charge >= 0.3 is 0 Å². The van der Waals surface area contributed by atoms with Crippen molar-refractivity contribution in [3.63, 3.8) is 0 Å². The zero-order valence-electron chi connectivity index (χ0n) is 11.0. The van der Waals surface area contributed by atoms with Gasteiger partial charge in [-0.2, -0.15) is 0 Å². The van der Waals surface area contributed by atoms with Gasteiger partial charge in [-0.05, 0) is 18.6 Å². The van der Waals surface area contributed by atoms with Gasteiger partial charge in [0.2, 0.25) is 5.91 Å². The zero-order chi connectivity index (χ0) is 14.3. The molecule has 104 valence electrons. The molecule has 0 unspecified atom stereocenters. The number of hydrogen-bond acceptors (Lipinski definition) is 2. The molecule has 5 heteroatoms. The summed E-state index contributed by atoms with van der Waals surface area (Å²) in [4.78, 5) is 12.1. The Morgan fingerprint density at radius 1 is 1.37 bits per heavy atom. The standard InChI is InChI=1S/C14H19ClN2OS/c1-2-3-4-5-6-13(18)17-12-9-10(14(16)19)7-8-11(12)15/h7-9H,2-6H2,1H3,(H2,16,19)(H,17,18). The molecule has 0 spiro atoms. The number of anilines is 1. The summed E-state index contributed by atoms with van der Waals surface area (Å²) < 4.78 is 0. The molecule has 0 saturated carbocycles. The Hall–Kier alpha value is -1.13. The molecule has 0 atom stereocenters. The van der Waals surface area contributed by atoms with E-state index in [0.717, 1.165) is 25.7 Å². The van der Waals surface area contributed by atoms with Gasteiger partial charge in [0.15, 0.2) is 0 Å². The first-order valence-corrected chi connectivity index (χ1v) is 7.22. The first kappa shape index (κ1) is 15.9. The predicted octanol–water partition coefficient (Wildman–Crippen LogP) is 3.88. The lowest BCUT2D eigenvalue weighted by Gasteiger charge is -2.09. The van der Waals surface area contributed by atoms with Gasteiger partial charge in [0.05, 0.1) is 10.7 Å². The number of carbonyl (C=O) groups is 1. The van der Waals surface area contributed by atoms with E-state index in [2.05, 4.69) is 12.2 Å². The smallest absolute Gasteiger partial charge is 0.224 e. The van der Waals surface area contributed by atoms with E-state index in [0.29, 0.717) is 22.7 Å². The quantitative estimate of drug-likeness (QED) is 0.593. The van der Waals surface area contributed by atoms with Crippen LogP contribution in [-0.4, -0.2) is 10.9 Å². The second kappa shape index (κ2) is 8.12. The van der Waals surface area contributed by atoms with Gasteiger partial charge in [-0.1, -0.05) is 56.1 Å². The summed E-state index contributed by atoms with van der Waals surface area (Å²) in [7, 11) is 0. The molecular formula is C14H19ClN2OS. The molecule has 3 N–H and O–H groups in total. The second-order valence-electron chi connectivity index (χ2n) is 4.42. The van der Waals surface area contributed by atoms with Gasteiger partial charge in [0.25, 0.3) is 0 Å². The molecule has 0 aliphatic heterocycles. The topological polar surface area (TPSA) is 55.1 Å². The molecule has 1 aromatic rings. The maximum absolute atomic E-state index is 11.8. The van der Waals surface area contributed by atoms with E-state index in [9.17, 15) is 4.79 Å². The van der Waals surface area contributed by atoms with Crippen molar-refractivity contribution in [2.24, 2.45) is 5.73 Å². The van der Waals surface area contributed by atoms with Crippen molar-refractivity contribution < 1.29 is 4.79 Å². The minimum absolute atomic E-state index is 0.0295. The molecule has 1 rings (SSSR count). The fourth-order valence-electron chi connectivity index (χ4n) is 1.70. The van der Waals surface area contributed by atoms with E-state index in [1.807, 2.05) is 0 Å². The van der Waals surface area contributed by atoms with E-state index in [-0.39, 0.29) is 10.9 Å². The van der Waals surface area contributed by atoms with Crippen LogP contribution < -0.4 is 11.1 Å². The normalized spacial score (nSPS) is 10.2. The van der Waals surface area contributed by atoms with Crippen molar-refractivity contribution in [1.82, 2.24) is 0 Å². The van der Waals surface area contributed by atoms with Gasteiger partial charge in [-0.15, -0.1) is 0 Å². The number of rotatable bonds is 7. The molecule has 0 bridgehead atoms. The minimum atomic E-state index is -0.0295. The lowest BCUT2D eigenvalue weighted by atomic mass is 10.1. The Kier molecular flexibility index (Phi) is 6.81. The maximum Gasteiger partial charge on any atom is 0.224 e. The summed E-state index contributed by atoms with van der Waals surface area (Å²) in [5, 5.41) is 3.28. The summed E-state index contributed by atoms with van der Waals surface area (Å²) in [6, 6.07) is 5.12. The van der Waals surface area contributed by atoms with Gasteiger partial charge in [0, 0.05) is 12.0 Å². The molecule has 0 heterocycles. The largest absolute Gasteiger partial charge is 0.389 e. The number of nitrogens with two attached hydrogens (primary N) is 1. The minimum Gasteiger partial charge on any atom is -0.389 e. The number of hydrogen-bond donors (Lipinski definition) is 2. The van der Waals surface area contributed by atoms with Crippen LogP contribution in [0.4, 0.5) is 5.69 Å². The summed E-state index contributed by atoms with van der Waals surface area (Å²) >= 11 is 10.9. The number of benzene rings is 1. The average molecular weight is 299 g/mol. The Labute approximate surface area is 124 Å².